The molecule has 0 aliphatic carbocycles. The van der Waals surface area contributed by atoms with E-state index in [0.29, 0.717) is 12.1 Å². The van der Waals surface area contributed by atoms with Crippen LogP contribution in [0.3, 0.4) is 0 Å². The fraction of sp³-hybridized carbons (Fsp3) is 1.00. The van der Waals surface area contributed by atoms with Gasteiger partial charge in [0, 0.05) is 31.8 Å². The van der Waals surface area contributed by atoms with Crippen molar-refractivity contribution in [3.05, 3.63) is 0 Å². The van der Waals surface area contributed by atoms with Gasteiger partial charge in [-0.2, -0.15) is 0 Å². The molecule has 3 unspecified atom stereocenters. The van der Waals surface area contributed by atoms with Crippen LogP contribution in [0.5, 0.6) is 0 Å². The lowest BCUT2D eigenvalue weighted by Crippen LogP contribution is -2.45. The van der Waals surface area contributed by atoms with Gasteiger partial charge in [-0.05, 0) is 53.0 Å². The first kappa shape index (κ1) is 13.3. The van der Waals surface area contributed by atoms with Crippen molar-refractivity contribution in [1.29, 1.82) is 0 Å². The van der Waals surface area contributed by atoms with Crippen LogP contribution >= 0.6 is 0 Å². The zero-order valence-electron chi connectivity index (χ0n) is 11.8. The highest BCUT2D eigenvalue weighted by molar-refractivity contribution is 4.96. The summed E-state index contributed by atoms with van der Waals surface area (Å²) in [5, 5.41) is 3.82. The van der Waals surface area contributed by atoms with Crippen LogP contribution in [-0.2, 0) is 4.74 Å². The summed E-state index contributed by atoms with van der Waals surface area (Å²) < 4.78 is 5.51. The molecule has 0 spiro atoms. The molecule has 17 heavy (non-hydrogen) atoms. The number of fused-ring (bicyclic) bond motifs is 1. The summed E-state index contributed by atoms with van der Waals surface area (Å²) in [4.78, 5) is 2.66. The quantitative estimate of drug-likeness (QED) is 0.795. The van der Waals surface area contributed by atoms with E-state index in [2.05, 4.69) is 31.0 Å². The van der Waals surface area contributed by atoms with Crippen LogP contribution in [0.1, 0.15) is 46.5 Å². The van der Waals surface area contributed by atoms with E-state index >= 15 is 0 Å². The molecule has 0 aromatic heterocycles. The molecule has 0 saturated carbocycles. The molecule has 3 nitrogen and oxygen atoms in total. The molecular formula is C14H28N2O. The Morgan fingerprint density at radius 3 is 2.82 bits per heavy atom. The molecule has 0 aromatic rings. The first-order chi connectivity index (χ1) is 8.02. The molecule has 2 aliphatic heterocycles. The minimum absolute atomic E-state index is 0.0135. The Morgan fingerprint density at radius 2 is 2.12 bits per heavy atom. The maximum Gasteiger partial charge on any atom is 0.0637 e. The van der Waals surface area contributed by atoms with Gasteiger partial charge in [-0.3, -0.25) is 4.90 Å². The monoisotopic (exact) mass is 240 g/mol. The van der Waals surface area contributed by atoms with Gasteiger partial charge in [-0.1, -0.05) is 0 Å². The van der Waals surface area contributed by atoms with Crippen molar-refractivity contribution in [3.8, 4) is 0 Å². The molecule has 0 radical (unpaired) electrons. The lowest BCUT2D eigenvalue weighted by molar-refractivity contribution is 0.00741. The Kier molecular flexibility index (Phi) is 4.11. The van der Waals surface area contributed by atoms with E-state index in [-0.39, 0.29) is 5.60 Å². The van der Waals surface area contributed by atoms with Crippen LogP contribution in [0, 0.1) is 0 Å². The van der Waals surface area contributed by atoms with E-state index in [1.54, 1.807) is 7.11 Å². The normalized spacial score (nSPS) is 31.8. The molecule has 2 aliphatic rings. The topological polar surface area (TPSA) is 24.5 Å². The van der Waals surface area contributed by atoms with E-state index in [4.69, 9.17) is 4.74 Å². The summed E-state index contributed by atoms with van der Waals surface area (Å²) in [6.07, 6.45) is 5.17. The highest BCUT2D eigenvalue weighted by Crippen LogP contribution is 2.28. The number of ether oxygens (including phenoxy) is 1. The molecule has 0 bridgehead atoms. The molecule has 2 fully saturated rings. The number of nitrogens with zero attached hydrogens (tertiary/aromatic N) is 1. The lowest BCUT2D eigenvalue weighted by Gasteiger charge is -2.30. The fourth-order valence-corrected chi connectivity index (χ4v) is 3.52. The standard InChI is InChI=1S/C14H28N2O/c1-11(10-14(2,3)17-4)15-12-7-9-16-8-5-6-13(12)16/h11-13,15H,5-10H2,1-4H3. The van der Waals surface area contributed by atoms with Crippen LogP contribution < -0.4 is 5.32 Å². The van der Waals surface area contributed by atoms with Crippen molar-refractivity contribution >= 4 is 0 Å². The molecule has 3 atom stereocenters. The number of rotatable bonds is 5. The van der Waals surface area contributed by atoms with Crippen LogP contribution in [0.2, 0.25) is 0 Å². The maximum absolute atomic E-state index is 5.51. The predicted octanol–water partition coefficient (Wildman–Crippen LogP) is 2.02. The molecule has 0 aromatic carbocycles. The van der Waals surface area contributed by atoms with Gasteiger partial charge < -0.3 is 10.1 Å². The van der Waals surface area contributed by atoms with Gasteiger partial charge in [0.05, 0.1) is 5.60 Å². The molecule has 2 heterocycles. The van der Waals surface area contributed by atoms with Gasteiger partial charge in [0.2, 0.25) is 0 Å². The predicted molar refractivity (Wildman–Crippen MR) is 71.3 cm³/mol. The third kappa shape index (κ3) is 3.21. The number of hydrogen-bond acceptors (Lipinski definition) is 3. The Bertz CT molecular complexity index is 255. The minimum Gasteiger partial charge on any atom is -0.379 e. The van der Waals surface area contributed by atoms with Gasteiger partial charge in [0.15, 0.2) is 0 Å². The maximum atomic E-state index is 5.51. The van der Waals surface area contributed by atoms with Crippen molar-refractivity contribution in [2.24, 2.45) is 0 Å². The van der Waals surface area contributed by atoms with Crippen LogP contribution in [0.25, 0.3) is 0 Å². The average molecular weight is 240 g/mol. The lowest BCUT2D eigenvalue weighted by atomic mass is 9.98. The number of hydrogen-bond donors (Lipinski definition) is 1. The summed E-state index contributed by atoms with van der Waals surface area (Å²) in [6.45, 7) is 9.24. The Labute approximate surface area is 106 Å². The highest BCUT2D eigenvalue weighted by atomic mass is 16.5. The molecule has 100 valence electrons. The van der Waals surface area contributed by atoms with Gasteiger partial charge in [-0.15, -0.1) is 0 Å². The second-order valence-corrected chi connectivity index (χ2v) is 6.38. The average Bonchev–Trinajstić information content (AvgIpc) is 2.82. The van der Waals surface area contributed by atoms with Gasteiger partial charge in [0.25, 0.3) is 0 Å². The number of nitrogens with one attached hydrogen (secondary N) is 1. The second-order valence-electron chi connectivity index (χ2n) is 6.38. The van der Waals surface area contributed by atoms with Crippen molar-refractivity contribution in [2.75, 3.05) is 20.2 Å². The zero-order chi connectivity index (χ0) is 12.5. The van der Waals surface area contributed by atoms with E-state index < -0.39 is 0 Å². The summed E-state index contributed by atoms with van der Waals surface area (Å²) in [5.74, 6) is 0. The summed E-state index contributed by atoms with van der Waals surface area (Å²) in [7, 11) is 1.81. The third-order valence-electron chi connectivity index (χ3n) is 4.45. The molecule has 2 rings (SSSR count). The summed E-state index contributed by atoms with van der Waals surface area (Å²) in [5.41, 5.74) is -0.0135. The SMILES string of the molecule is COC(C)(C)CC(C)NC1CCN2CCCC12. The molecule has 1 N–H and O–H groups in total. The van der Waals surface area contributed by atoms with Gasteiger partial charge in [0.1, 0.15) is 0 Å². The second kappa shape index (κ2) is 5.25. The van der Waals surface area contributed by atoms with E-state index in [1.165, 1.54) is 32.4 Å². The summed E-state index contributed by atoms with van der Waals surface area (Å²) >= 11 is 0. The van der Waals surface area contributed by atoms with Crippen molar-refractivity contribution in [1.82, 2.24) is 10.2 Å². The van der Waals surface area contributed by atoms with Crippen molar-refractivity contribution in [3.63, 3.8) is 0 Å². The Morgan fingerprint density at radius 1 is 1.35 bits per heavy atom. The van der Waals surface area contributed by atoms with Gasteiger partial charge in [-0.25, -0.2) is 0 Å². The minimum atomic E-state index is -0.0135. The first-order valence-electron chi connectivity index (χ1n) is 7.07. The summed E-state index contributed by atoms with van der Waals surface area (Å²) in [6, 6.07) is 2.05. The van der Waals surface area contributed by atoms with Gasteiger partial charge >= 0.3 is 0 Å². The zero-order valence-corrected chi connectivity index (χ0v) is 11.8. The highest BCUT2D eigenvalue weighted by Gasteiger charge is 2.37. The molecular weight excluding hydrogens is 212 g/mol. The Hall–Kier alpha value is -0.120. The van der Waals surface area contributed by atoms with E-state index in [0.717, 1.165) is 12.5 Å². The smallest absolute Gasteiger partial charge is 0.0637 e. The van der Waals surface area contributed by atoms with E-state index in [1.807, 2.05) is 0 Å². The van der Waals surface area contributed by atoms with Crippen LogP contribution in [0.15, 0.2) is 0 Å². The Balaban J connectivity index is 1.81. The third-order valence-corrected chi connectivity index (χ3v) is 4.45. The molecule has 3 heteroatoms. The first-order valence-corrected chi connectivity index (χ1v) is 7.07. The fourth-order valence-electron chi connectivity index (χ4n) is 3.52. The molecule has 0 amide bonds. The van der Waals surface area contributed by atoms with Crippen molar-refractivity contribution in [2.45, 2.75) is 70.2 Å². The van der Waals surface area contributed by atoms with E-state index in [9.17, 15) is 0 Å². The van der Waals surface area contributed by atoms with Crippen LogP contribution in [-0.4, -0.2) is 48.8 Å². The van der Waals surface area contributed by atoms with Crippen molar-refractivity contribution < 1.29 is 4.74 Å². The molecule has 2 saturated heterocycles. The largest absolute Gasteiger partial charge is 0.379 e. The van der Waals surface area contributed by atoms with Crippen LogP contribution in [0.4, 0.5) is 0 Å². The number of methoxy groups -OCH3 is 1.